The summed E-state index contributed by atoms with van der Waals surface area (Å²) in [5.74, 6) is 6.07. The number of aliphatic hydroxyl groups is 1. The molecule has 140 heavy (non-hydrogen) atoms. The topological polar surface area (TPSA) is 549 Å². The zero-order valence-corrected chi connectivity index (χ0v) is 84.4. The Hall–Kier alpha value is -13.4. The Morgan fingerprint density at radius 1 is 0.457 bits per heavy atom. The third-order valence-corrected chi connectivity index (χ3v) is 25.2. The van der Waals surface area contributed by atoms with Crippen molar-refractivity contribution in [1.82, 2.24) is 88.0 Å². The first-order valence-corrected chi connectivity index (χ1v) is 45.4. The highest BCUT2D eigenvalue weighted by Crippen LogP contribution is 2.49. The fraction of sp³-hybridized carbons (Fsp3) is 0.368. The number of azide groups is 2. The van der Waals surface area contributed by atoms with E-state index >= 15 is 0 Å². The first kappa shape index (κ1) is 107. The van der Waals surface area contributed by atoms with Gasteiger partial charge in [-0.2, -0.15) is 35.3 Å². The van der Waals surface area contributed by atoms with E-state index in [1.807, 2.05) is 89.1 Å². The molecule has 10 aromatic heterocycles. The Kier molecular flexibility index (Phi) is 36.7. The van der Waals surface area contributed by atoms with Gasteiger partial charge in [-0.05, 0) is 58.5 Å². The Balaban J connectivity index is 0.000000173. The number of carbonyl (C=O) groups excluding carboxylic acids is 2. The lowest BCUT2D eigenvalue weighted by atomic mass is 10.0. The van der Waals surface area contributed by atoms with Gasteiger partial charge in [-0.15, -0.1) is 0 Å². The molecule has 13 aromatic rings. The van der Waals surface area contributed by atoms with Crippen LogP contribution in [0.25, 0.3) is 87.4 Å². The molecule has 14 heterocycles. The van der Waals surface area contributed by atoms with Gasteiger partial charge in [-0.1, -0.05) is 93.3 Å². The first-order valence-electron chi connectivity index (χ1n) is 42.4. The van der Waals surface area contributed by atoms with Gasteiger partial charge >= 0.3 is 0 Å². The van der Waals surface area contributed by atoms with Gasteiger partial charge in [0.05, 0.1) is 120 Å². The molecule has 45 nitrogen and oxygen atoms in total. The maximum atomic E-state index is 13.6. The fourth-order valence-electron chi connectivity index (χ4n) is 15.5. The molecule has 0 radical (unpaired) electrons. The number of nitrogens with one attached hydrogen (secondary N) is 3. The van der Waals surface area contributed by atoms with Crippen LogP contribution in [0.15, 0.2) is 141 Å². The lowest BCUT2D eigenvalue weighted by Crippen LogP contribution is -2.46. The van der Waals surface area contributed by atoms with Crippen LogP contribution in [0.2, 0.25) is 35.4 Å². The fourth-order valence-corrected chi connectivity index (χ4v) is 17.7. The molecule has 4 aliphatic heterocycles. The molecular weight excluding hydrogens is 1980 g/mol. The molecule has 53 heteroatoms. The quantitative estimate of drug-likeness (QED) is 0.00827. The summed E-state index contributed by atoms with van der Waals surface area (Å²) in [5.41, 5.74) is 36.9. The van der Waals surface area contributed by atoms with Crippen molar-refractivity contribution < 1.29 is 43.1 Å². The van der Waals surface area contributed by atoms with Crippen molar-refractivity contribution in [2.45, 2.75) is 61.7 Å². The number of halogens is 8. The number of amides is 1. The number of hydrogen-bond acceptors (Lipinski definition) is 33. The number of anilines is 6. The van der Waals surface area contributed by atoms with Gasteiger partial charge in [-0.3, -0.25) is 56.4 Å². The largest absolute Gasteiger partial charge is 0.495 e. The zero-order valence-electron chi connectivity index (χ0n) is 78.4. The van der Waals surface area contributed by atoms with Crippen molar-refractivity contribution in [2.75, 3.05) is 132 Å². The molecule has 10 N–H and O–H groups in total. The van der Waals surface area contributed by atoms with Gasteiger partial charge in [-0.25, -0.2) is 15.0 Å². The van der Waals surface area contributed by atoms with Crippen LogP contribution in [-0.2, 0) is 58.9 Å². The molecule has 4 aliphatic rings. The van der Waals surface area contributed by atoms with E-state index in [9.17, 15) is 24.0 Å². The number of nitrogens with two attached hydrogens (primary N) is 3. The number of nitrogens with zero attached hydrogens (tertiary/aromatic N) is 27. The Morgan fingerprint density at radius 2 is 0.743 bits per heavy atom. The van der Waals surface area contributed by atoms with Gasteiger partial charge in [0, 0.05) is 262 Å². The number of methoxy groups -OCH3 is 6. The summed E-state index contributed by atoms with van der Waals surface area (Å²) in [6.45, 7) is 9.97. The van der Waals surface area contributed by atoms with Gasteiger partial charge < -0.3 is 86.3 Å². The second-order valence-corrected chi connectivity index (χ2v) is 34.5. The first-order chi connectivity index (χ1) is 66.9. The number of fused-ring (bicyclic) bond motifs is 3. The molecule has 0 saturated carbocycles. The third kappa shape index (κ3) is 24.4. The summed E-state index contributed by atoms with van der Waals surface area (Å²) in [6, 6.07) is 16.1. The van der Waals surface area contributed by atoms with Crippen molar-refractivity contribution in [3.05, 3.63) is 204 Å². The standard InChI is InChI=1S/C27H30Cl2N8O4.C24H26Cl2N8O3.C16H12Cl3N3O3.C8H11N9.C8H15N5.C3H3ClO.CH4O/c1-6-21(38)31-16-12-37(20-7-8-35(2)34-20)13-17(16)32-27-30-11-14-9-15(26(39)36(3)25(14)33-27)22-23(28)18(40-4)10-19(41-5)24(22)29;1-32-6-5-18(31-32)34-10-14(27)15(11-34)29-24-28-9-12-7-13(23(35)33(2)22(12)30-24)19-20(25)16(36-3)8-17(37-4)21(19)26;1-22-14-7(6-20-16(19)21-14)4-8(15(22)23)11-12(17)9(24-2)5-10(25-3)13(11)18;1-16-3-2-8(13-16)17-4-6(11-14-9)7(5-17)12-15-10;1-12-3-2-8(11-12)13-4-6(9)7(10)5-13;1-2-3(4)5;1-2/h7-11,16-17H,6,12-13H2,1-5H3,(H,31,38)(H,30,32,33);5-9,14-15H,10-11,27H2,1-4H3,(H,28,29,30);4-6H,1-3H3;2-3,6-7H,4-5H2,1H3;2-3,6-7H,4-5,9-10H2,1H3;2H,1H2;2H,1H3. The van der Waals surface area contributed by atoms with Crippen LogP contribution >= 0.6 is 92.8 Å². The molecule has 0 spiro atoms. The molecule has 0 aliphatic carbocycles. The van der Waals surface area contributed by atoms with Crippen LogP contribution in [0.3, 0.4) is 0 Å². The van der Waals surface area contributed by atoms with E-state index in [1.165, 1.54) is 62.6 Å². The number of allylic oxidation sites excluding steroid dienone is 1. The number of aliphatic hydroxyl groups excluding tert-OH is 1. The summed E-state index contributed by atoms with van der Waals surface area (Å²) in [6.07, 6.45) is 13.7. The van der Waals surface area contributed by atoms with Crippen LogP contribution in [0.4, 0.5) is 35.2 Å². The van der Waals surface area contributed by atoms with Crippen LogP contribution < -0.4 is 97.8 Å². The summed E-state index contributed by atoms with van der Waals surface area (Å²) >= 11 is 49.7. The monoisotopic (exact) mass is 2080 g/mol. The van der Waals surface area contributed by atoms with Crippen LogP contribution in [0.1, 0.15) is 13.3 Å². The molecule has 0 bridgehead atoms. The predicted octanol–water partition coefficient (Wildman–Crippen LogP) is 10.9. The highest BCUT2D eigenvalue weighted by atomic mass is 35.5. The highest BCUT2D eigenvalue weighted by Gasteiger charge is 2.38. The second-order valence-electron chi connectivity index (χ2n) is 31.6. The molecule has 3 aromatic carbocycles. The smallest absolute Gasteiger partial charge is 0.259 e. The summed E-state index contributed by atoms with van der Waals surface area (Å²) in [4.78, 5) is 102. The number of carbonyl (C=O) groups is 2. The van der Waals surface area contributed by atoms with E-state index in [2.05, 4.69) is 108 Å². The number of hydrogen-bond donors (Lipinski definition) is 7. The molecular formula is C87H101Cl8N33O12. The average molecular weight is 2080 g/mol. The number of aryl methyl sites for hydroxylation is 7. The minimum Gasteiger partial charge on any atom is -0.495 e. The molecule has 17 rings (SSSR count). The van der Waals surface area contributed by atoms with Crippen molar-refractivity contribution in [1.29, 1.82) is 0 Å². The summed E-state index contributed by atoms with van der Waals surface area (Å²) < 4.78 is 43.1. The lowest BCUT2D eigenvalue weighted by Gasteiger charge is -2.21. The maximum Gasteiger partial charge on any atom is 0.259 e. The van der Waals surface area contributed by atoms with Crippen LogP contribution in [-0.4, -0.2) is 249 Å². The van der Waals surface area contributed by atoms with Crippen molar-refractivity contribution in [2.24, 2.45) is 76.8 Å². The number of benzene rings is 3. The minimum absolute atomic E-state index is 0.0503. The molecule has 4 saturated heterocycles. The van der Waals surface area contributed by atoms with Gasteiger partial charge in [0.25, 0.3) is 16.7 Å². The van der Waals surface area contributed by atoms with E-state index < -0.39 is 5.24 Å². The van der Waals surface area contributed by atoms with Gasteiger partial charge in [0.15, 0.2) is 23.3 Å². The predicted molar refractivity (Wildman–Crippen MR) is 543 cm³/mol. The van der Waals surface area contributed by atoms with Crippen LogP contribution in [0.5, 0.6) is 34.5 Å². The van der Waals surface area contributed by atoms with E-state index in [0.717, 1.165) is 49.5 Å². The molecule has 742 valence electrons. The minimum atomic E-state index is -0.509. The van der Waals surface area contributed by atoms with Crippen molar-refractivity contribution >= 4 is 172 Å². The lowest BCUT2D eigenvalue weighted by molar-refractivity contribution is -0.121. The SMILES string of the molecule is C=CC(=O)Cl.CCC(=O)NC1CN(c2ccn(C)n2)CC1Nc1ncc2cc(-c3c(Cl)c(OC)cc(OC)c3Cl)c(=O)n(C)c2n1.CO.COc1cc(OC)c(Cl)c(-c2cc3cnc(Cl)nc3n(C)c2=O)c1Cl.COc1cc(OC)c(Cl)c(-c2cc3cnc(NC4CN(c5ccn(C)n5)CC4N)nc3n(C)c2=O)c1Cl.Cn1ccc(N2CC(N)C(N)C2)n1.Cn1ccc(N2CC(N=[N+]=[N-])C(N=[N+]=[N-])C2)n1. The summed E-state index contributed by atoms with van der Waals surface area (Å²) in [5, 5.41) is 44.1. The Labute approximate surface area is 840 Å². The zero-order chi connectivity index (χ0) is 102. The average Bonchev–Trinajstić information content (AvgIpc) is 1.23. The van der Waals surface area contributed by atoms with E-state index in [-0.39, 0.29) is 123 Å². The number of rotatable bonds is 22. The number of aromatic nitrogens is 17. The molecule has 8 atom stereocenters. The van der Waals surface area contributed by atoms with Gasteiger partial charge in [0.2, 0.25) is 28.3 Å². The maximum absolute atomic E-state index is 13.6. The van der Waals surface area contributed by atoms with Gasteiger partial charge in [0.1, 0.15) is 51.4 Å². The second kappa shape index (κ2) is 48.0. The Morgan fingerprint density at radius 3 is 1.05 bits per heavy atom. The van der Waals surface area contributed by atoms with E-state index in [4.69, 9.17) is 155 Å². The van der Waals surface area contributed by atoms with E-state index in [1.54, 1.807) is 88.7 Å². The third-order valence-electron chi connectivity index (χ3n) is 22.7. The van der Waals surface area contributed by atoms with E-state index in [0.29, 0.717) is 142 Å². The molecule has 1 amide bonds. The molecule has 8 unspecified atom stereocenters. The van der Waals surface area contributed by atoms with Crippen molar-refractivity contribution in [3.63, 3.8) is 0 Å². The highest BCUT2D eigenvalue weighted by molar-refractivity contribution is 6.66. The normalized spacial score (nSPS) is 17.2. The number of ether oxygens (including phenoxy) is 6. The molecule has 4 fully saturated rings. The Bertz CT molecular complexity index is 6890. The summed E-state index contributed by atoms with van der Waals surface area (Å²) in [7, 11) is 22.1. The van der Waals surface area contributed by atoms with Crippen LogP contribution in [0, 0.1) is 0 Å². The van der Waals surface area contributed by atoms with Crippen molar-refractivity contribution in [3.8, 4) is 67.9 Å². The number of pyridine rings is 3.